The maximum atomic E-state index is 13.0. The van der Waals surface area contributed by atoms with Crippen molar-refractivity contribution in [1.29, 1.82) is 0 Å². The van der Waals surface area contributed by atoms with Gasteiger partial charge in [0.15, 0.2) is 0 Å². The molecule has 1 aromatic carbocycles. The molecule has 6 nitrogen and oxygen atoms in total. The van der Waals surface area contributed by atoms with Gasteiger partial charge in [-0.2, -0.15) is 0 Å². The molecule has 3 atom stereocenters. The zero-order valence-corrected chi connectivity index (χ0v) is 17.7. The highest BCUT2D eigenvalue weighted by molar-refractivity contribution is 5.97. The van der Waals surface area contributed by atoms with Gasteiger partial charge in [0.25, 0.3) is 0 Å². The second-order valence-electron chi connectivity index (χ2n) is 8.65. The molecule has 3 rings (SSSR count). The lowest BCUT2D eigenvalue weighted by Crippen LogP contribution is -2.62. The average molecular weight is 398 g/mol. The molecule has 0 unspecified atom stereocenters. The SMILES string of the molecule is C=CC(C)(C)n1cc(C[C@@H]2NC(=O)[C@H](C[C@H](C)CO)N(C)C2=O)c2ccccc21. The van der Waals surface area contributed by atoms with Crippen LogP contribution in [0.2, 0.25) is 0 Å². The van der Waals surface area contributed by atoms with E-state index in [1.165, 1.54) is 4.90 Å². The maximum absolute atomic E-state index is 13.0. The fourth-order valence-electron chi connectivity index (χ4n) is 3.97. The van der Waals surface area contributed by atoms with Crippen LogP contribution in [-0.4, -0.2) is 52.1 Å². The molecule has 0 radical (unpaired) electrons. The van der Waals surface area contributed by atoms with Crippen LogP contribution in [0, 0.1) is 5.92 Å². The van der Waals surface area contributed by atoms with Crippen molar-refractivity contribution in [2.24, 2.45) is 5.92 Å². The second kappa shape index (κ2) is 8.03. The first-order valence-corrected chi connectivity index (χ1v) is 10.1. The number of hydrogen-bond donors (Lipinski definition) is 2. The van der Waals surface area contributed by atoms with Gasteiger partial charge in [-0.05, 0) is 37.8 Å². The van der Waals surface area contributed by atoms with Crippen molar-refractivity contribution in [2.45, 2.75) is 51.2 Å². The molecule has 1 aliphatic rings. The molecule has 1 aromatic heterocycles. The fourth-order valence-corrected chi connectivity index (χ4v) is 3.97. The van der Waals surface area contributed by atoms with Crippen molar-refractivity contribution in [2.75, 3.05) is 13.7 Å². The minimum Gasteiger partial charge on any atom is -0.396 e. The summed E-state index contributed by atoms with van der Waals surface area (Å²) in [6.45, 7) is 9.99. The van der Waals surface area contributed by atoms with Crippen LogP contribution in [0.25, 0.3) is 10.9 Å². The lowest BCUT2D eigenvalue weighted by Gasteiger charge is -2.37. The zero-order chi connectivity index (χ0) is 21.3. The summed E-state index contributed by atoms with van der Waals surface area (Å²) in [5.41, 5.74) is 1.81. The Kier molecular flexibility index (Phi) is 5.85. The lowest BCUT2D eigenvalue weighted by atomic mass is 9.95. The third-order valence-corrected chi connectivity index (χ3v) is 6.01. The van der Waals surface area contributed by atoms with Crippen molar-refractivity contribution in [3.05, 3.63) is 48.7 Å². The van der Waals surface area contributed by atoms with Gasteiger partial charge in [0, 0.05) is 37.2 Å². The normalized spacial score (nSPS) is 21.3. The van der Waals surface area contributed by atoms with Crippen LogP contribution in [-0.2, 0) is 21.5 Å². The summed E-state index contributed by atoms with van der Waals surface area (Å²) in [5, 5.41) is 13.3. The van der Waals surface area contributed by atoms with Gasteiger partial charge in [-0.3, -0.25) is 9.59 Å². The molecular weight excluding hydrogens is 366 g/mol. The minimum absolute atomic E-state index is 0.00612. The highest BCUT2D eigenvalue weighted by Gasteiger charge is 2.39. The molecule has 1 aliphatic heterocycles. The number of piperazine rings is 1. The number of hydrogen-bond acceptors (Lipinski definition) is 3. The number of nitrogens with one attached hydrogen (secondary N) is 1. The number of likely N-dealkylation sites (N-methyl/N-ethyl adjacent to an activating group) is 1. The first kappa shape index (κ1) is 21.1. The van der Waals surface area contributed by atoms with E-state index in [9.17, 15) is 14.7 Å². The van der Waals surface area contributed by atoms with E-state index in [4.69, 9.17) is 0 Å². The van der Waals surface area contributed by atoms with Crippen LogP contribution in [0.3, 0.4) is 0 Å². The van der Waals surface area contributed by atoms with Crippen LogP contribution in [0.5, 0.6) is 0 Å². The zero-order valence-electron chi connectivity index (χ0n) is 17.7. The monoisotopic (exact) mass is 397 g/mol. The van der Waals surface area contributed by atoms with E-state index in [-0.39, 0.29) is 29.9 Å². The minimum atomic E-state index is -0.598. The molecule has 2 aromatic rings. The van der Waals surface area contributed by atoms with Crippen molar-refractivity contribution in [1.82, 2.24) is 14.8 Å². The van der Waals surface area contributed by atoms with E-state index in [0.717, 1.165) is 16.5 Å². The first-order chi connectivity index (χ1) is 13.7. The first-order valence-electron chi connectivity index (χ1n) is 10.1. The summed E-state index contributed by atoms with van der Waals surface area (Å²) in [6, 6.07) is 6.95. The summed E-state index contributed by atoms with van der Waals surface area (Å²) in [4.78, 5) is 27.2. The maximum Gasteiger partial charge on any atom is 0.245 e. The third-order valence-electron chi connectivity index (χ3n) is 6.01. The van der Waals surface area contributed by atoms with E-state index >= 15 is 0 Å². The van der Waals surface area contributed by atoms with Gasteiger partial charge >= 0.3 is 0 Å². The number of aliphatic hydroxyl groups excluding tert-OH is 1. The summed E-state index contributed by atoms with van der Waals surface area (Å²) in [6.07, 6.45) is 4.84. The van der Waals surface area contributed by atoms with Gasteiger partial charge in [-0.1, -0.05) is 31.2 Å². The molecule has 2 heterocycles. The molecular formula is C23H31N3O3. The van der Waals surface area contributed by atoms with Crippen LogP contribution < -0.4 is 5.32 Å². The number of aliphatic hydroxyl groups is 1. The van der Waals surface area contributed by atoms with E-state index in [0.29, 0.717) is 12.8 Å². The molecule has 6 heteroatoms. The molecule has 1 saturated heterocycles. The van der Waals surface area contributed by atoms with E-state index in [1.807, 2.05) is 31.2 Å². The van der Waals surface area contributed by atoms with Crippen molar-refractivity contribution >= 4 is 22.7 Å². The Morgan fingerprint density at radius 2 is 2.00 bits per heavy atom. The lowest BCUT2D eigenvalue weighted by molar-refractivity contribution is -0.148. The molecule has 0 spiro atoms. The quantitative estimate of drug-likeness (QED) is 0.705. The number of amides is 2. The fraction of sp³-hybridized carbons (Fsp3) is 0.478. The predicted molar refractivity (Wildman–Crippen MR) is 115 cm³/mol. The Bertz CT molecular complexity index is 931. The Balaban J connectivity index is 1.89. The van der Waals surface area contributed by atoms with E-state index < -0.39 is 12.1 Å². The molecule has 156 valence electrons. The molecule has 2 N–H and O–H groups in total. The number of para-hydroxylation sites is 1. The number of rotatable bonds is 7. The van der Waals surface area contributed by atoms with Crippen LogP contribution >= 0.6 is 0 Å². The van der Waals surface area contributed by atoms with Crippen molar-refractivity contribution < 1.29 is 14.7 Å². The second-order valence-corrected chi connectivity index (χ2v) is 8.65. The molecule has 0 saturated carbocycles. The van der Waals surface area contributed by atoms with Gasteiger partial charge in [-0.25, -0.2) is 0 Å². The van der Waals surface area contributed by atoms with Gasteiger partial charge < -0.3 is 19.9 Å². The van der Waals surface area contributed by atoms with Gasteiger partial charge in [0.1, 0.15) is 12.1 Å². The molecule has 0 aliphatic carbocycles. The molecule has 0 bridgehead atoms. The Morgan fingerprint density at radius 1 is 1.31 bits per heavy atom. The topological polar surface area (TPSA) is 74.6 Å². The van der Waals surface area contributed by atoms with Crippen LogP contribution in [0.1, 0.15) is 32.8 Å². The summed E-state index contributed by atoms with van der Waals surface area (Å²) in [5.74, 6) is -0.302. The number of nitrogens with zero attached hydrogens (tertiary/aromatic N) is 2. The number of fused-ring (bicyclic) bond motifs is 1. The number of allylic oxidation sites excluding steroid dienone is 1. The molecule has 2 amide bonds. The highest BCUT2D eigenvalue weighted by atomic mass is 16.3. The number of carbonyl (C=O) groups is 2. The van der Waals surface area contributed by atoms with E-state index in [1.54, 1.807) is 7.05 Å². The summed E-state index contributed by atoms with van der Waals surface area (Å²) < 4.78 is 2.16. The summed E-state index contributed by atoms with van der Waals surface area (Å²) in [7, 11) is 1.67. The highest BCUT2D eigenvalue weighted by Crippen LogP contribution is 2.30. The Morgan fingerprint density at radius 3 is 2.66 bits per heavy atom. The molecule has 29 heavy (non-hydrogen) atoms. The van der Waals surface area contributed by atoms with Gasteiger partial charge in [-0.15, -0.1) is 6.58 Å². The van der Waals surface area contributed by atoms with Crippen molar-refractivity contribution in [3.8, 4) is 0 Å². The molecule has 1 fully saturated rings. The third kappa shape index (κ3) is 3.94. The Hall–Kier alpha value is -2.60. The van der Waals surface area contributed by atoms with E-state index in [2.05, 4.69) is 42.6 Å². The summed E-state index contributed by atoms with van der Waals surface area (Å²) >= 11 is 0. The largest absolute Gasteiger partial charge is 0.396 e. The van der Waals surface area contributed by atoms with Gasteiger partial charge in [0.2, 0.25) is 11.8 Å². The van der Waals surface area contributed by atoms with Crippen molar-refractivity contribution in [3.63, 3.8) is 0 Å². The standard InChI is InChI=1S/C23H31N3O3/c1-6-23(3,4)26-13-16(17-9-7-8-10-19(17)26)12-18-22(29)25(5)20(21(28)24-18)11-15(2)14-27/h6-10,13,15,18,20,27H,1,11-12,14H2,2-5H3,(H,24,28)/t15-,18-,20-/m0/s1. The van der Waals surface area contributed by atoms with Crippen LogP contribution in [0.15, 0.2) is 43.1 Å². The van der Waals surface area contributed by atoms with Crippen LogP contribution in [0.4, 0.5) is 0 Å². The smallest absolute Gasteiger partial charge is 0.245 e. The van der Waals surface area contributed by atoms with Gasteiger partial charge in [0.05, 0.1) is 5.54 Å². The predicted octanol–water partition coefficient (Wildman–Crippen LogP) is 2.45. The average Bonchev–Trinajstić information content (AvgIpc) is 3.08. The Labute approximate surface area is 172 Å². The number of aromatic nitrogens is 1. The number of carbonyl (C=O) groups excluding carboxylic acids is 2. The number of benzene rings is 1.